The second kappa shape index (κ2) is 12.4. The van der Waals surface area contributed by atoms with Crippen molar-refractivity contribution in [1.29, 1.82) is 0 Å². The van der Waals surface area contributed by atoms with E-state index >= 15 is 0 Å². The first-order chi connectivity index (χ1) is 12.4. The zero-order valence-corrected chi connectivity index (χ0v) is 16.2. The molecule has 1 atom stereocenters. The van der Waals surface area contributed by atoms with Crippen LogP contribution in [0.1, 0.15) is 55.0 Å². The van der Waals surface area contributed by atoms with Crippen molar-refractivity contribution in [3.05, 3.63) is 16.1 Å². The predicted octanol–water partition coefficient (Wildman–Crippen LogP) is 1.21. The van der Waals surface area contributed by atoms with E-state index in [2.05, 4.69) is 15.6 Å². The summed E-state index contributed by atoms with van der Waals surface area (Å²) >= 11 is 1.44. The molecule has 0 saturated heterocycles. The van der Waals surface area contributed by atoms with Gasteiger partial charge >= 0.3 is 5.97 Å². The monoisotopic (exact) mass is 384 g/mol. The minimum absolute atomic E-state index is 0.194. The van der Waals surface area contributed by atoms with Gasteiger partial charge in [0.25, 0.3) is 5.91 Å². The van der Waals surface area contributed by atoms with Crippen molar-refractivity contribution >= 4 is 29.1 Å². The van der Waals surface area contributed by atoms with Gasteiger partial charge in [-0.1, -0.05) is 13.8 Å². The summed E-state index contributed by atoms with van der Waals surface area (Å²) in [4.78, 5) is 38.4. The van der Waals surface area contributed by atoms with Gasteiger partial charge in [-0.2, -0.15) is 0 Å². The molecular weight excluding hydrogens is 356 g/mol. The lowest BCUT2D eigenvalue weighted by Crippen LogP contribution is -2.29. The molecule has 1 rings (SSSR count). The first kappa shape index (κ1) is 22.0. The SMILES string of the molecule is CCCC(=O)OCNCCCc1nc(C(=O)NCC[C@H](C)C(N)=O)cs1. The lowest BCUT2D eigenvalue weighted by molar-refractivity contribution is -0.144. The van der Waals surface area contributed by atoms with E-state index in [9.17, 15) is 14.4 Å². The van der Waals surface area contributed by atoms with E-state index in [1.807, 2.05) is 6.92 Å². The van der Waals surface area contributed by atoms with E-state index in [-0.39, 0.29) is 30.4 Å². The van der Waals surface area contributed by atoms with Crippen molar-refractivity contribution in [2.75, 3.05) is 19.8 Å². The van der Waals surface area contributed by atoms with Crippen molar-refractivity contribution < 1.29 is 19.1 Å². The first-order valence-electron chi connectivity index (χ1n) is 8.82. The molecule has 0 bridgehead atoms. The van der Waals surface area contributed by atoms with Crippen molar-refractivity contribution in [3.8, 4) is 0 Å². The summed E-state index contributed by atoms with van der Waals surface area (Å²) in [7, 11) is 0. The summed E-state index contributed by atoms with van der Waals surface area (Å²) in [5.74, 6) is -1.08. The number of primary amides is 1. The maximum atomic E-state index is 12.0. The average molecular weight is 385 g/mol. The third kappa shape index (κ3) is 8.91. The van der Waals surface area contributed by atoms with Crippen LogP contribution in [0, 0.1) is 5.92 Å². The van der Waals surface area contributed by atoms with Gasteiger partial charge in [-0.25, -0.2) is 4.98 Å². The molecule has 2 amide bonds. The highest BCUT2D eigenvalue weighted by Gasteiger charge is 2.12. The number of nitrogens with zero attached hydrogens (tertiary/aromatic N) is 1. The number of hydrogen-bond acceptors (Lipinski definition) is 7. The van der Waals surface area contributed by atoms with Crippen LogP contribution in [0.4, 0.5) is 0 Å². The Kier molecular flexibility index (Phi) is 10.5. The molecule has 1 aromatic rings. The van der Waals surface area contributed by atoms with Gasteiger partial charge in [0.1, 0.15) is 12.4 Å². The van der Waals surface area contributed by atoms with Crippen molar-refractivity contribution in [3.63, 3.8) is 0 Å². The van der Waals surface area contributed by atoms with Crippen LogP contribution in [-0.2, 0) is 20.7 Å². The van der Waals surface area contributed by atoms with Crippen LogP contribution in [0.5, 0.6) is 0 Å². The minimum Gasteiger partial charge on any atom is -0.450 e. The average Bonchev–Trinajstić information content (AvgIpc) is 3.07. The summed E-state index contributed by atoms with van der Waals surface area (Å²) in [5, 5.41) is 8.38. The molecule has 4 N–H and O–H groups in total. The van der Waals surface area contributed by atoms with Gasteiger partial charge in [-0.3, -0.25) is 19.7 Å². The molecule has 8 nitrogen and oxygen atoms in total. The first-order valence-corrected chi connectivity index (χ1v) is 9.70. The fourth-order valence-corrected chi connectivity index (χ4v) is 2.83. The lowest BCUT2D eigenvalue weighted by atomic mass is 10.1. The molecule has 0 aliphatic rings. The number of esters is 1. The Bertz CT molecular complexity index is 591. The van der Waals surface area contributed by atoms with Crippen molar-refractivity contribution in [2.45, 2.75) is 46.0 Å². The minimum atomic E-state index is -0.371. The number of aromatic nitrogens is 1. The van der Waals surface area contributed by atoms with Crippen LogP contribution in [0.2, 0.25) is 0 Å². The molecule has 0 aliphatic carbocycles. The number of hydrogen-bond donors (Lipinski definition) is 3. The van der Waals surface area contributed by atoms with Crippen LogP contribution in [0.3, 0.4) is 0 Å². The van der Waals surface area contributed by atoms with E-state index in [0.29, 0.717) is 31.6 Å². The van der Waals surface area contributed by atoms with Gasteiger partial charge < -0.3 is 15.8 Å². The van der Waals surface area contributed by atoms with E-state index < -0.39 is 0 Å². The van der Waals surface area contributed by atoms with Gasteiger partial charge in [-0.15, -0.1) is 11.3 Å². The van der Waals surface area contributed by atoms with Gasteiger partial charge in [0.2, 0.25) is 5.91 Å². The lowest BCUT2D eigenvalue weighted by Gasteiger charge is -2.07. The second-order valence-corrected chi connectivity index (χ2v) is 6.93. The quantitative estimate of drug-likeness (QED) is 0.267. The molecular formula is C17H28N4O4S. The largest absolute Gasteiger partial charge is 0.450 e. The summed E-state index contributed by atoms with van der Waals surface area (Å²) in [6.45, 7) is 4.96. The van der Waals surface area contributed by atoms with E-state index in [1.165, 1.54) is 11.3 Å². The zero-order chi connectivity index (χ0) is 19.4. The molecule has 9 heteroatoms. The van der Waals surface area contributed by atoms with Gasteiger partial charge in [0.05, 0.1) is 5.01 Å². The molecule has 0 aromatic carbocycles. The number of ether oxygens (including phenoxy) is 1. The third-order valence-electron chi connectivity index (χ3n) is 3.67. The van der Waals surface area contributed by atoms with Crippen LogP contribution >= 0.6 is 11.3 Å². The van der Waals surface area contributed by atoms with Gasteiger partial charge in [0, 0.05) is 30.7 Å². The molecule has 0 saturated carbocycles. The van der Waals surface area contributed by atoms with Crippen LogP contribution in [-0.4, -0.2) is 42.6 Å². The van der Waals surface area contributed by atoms with Gasteiger partial charge in [-0.05, 0) is 25.8 Å². The normalized spacial score (nSPS) is 11.8. The van der Waals surface area contributed by atoms with E-state index in [4.69, 9.17) is 10.5 Å². The second-order valence-electron chi connectivity index (χ2n) is 5.99. The van der Waals surface area contributed by atoms with Crippen LogP contribution in [0.25, 0.3) is 0 Å². The molecule has 0 spiro atoms. The number of carbonyl (C=O) groups excluding carboxylic acids is 3. The van der Waals surface area contributed by atoms with Gasteiger partial charge in [0.15, 0.2) is 0 Å². The van der Waals surface area contributed by atoms with E-state index in [0.717, 1.165) is 24.3 Å². The standard InChI is InChI=1S/C17H28N4O4S/c1-3-5-15(22)25-11-19-8-4-6-14-21-13(10-26-14)17(24)20-9-7-12(2)16(18)23/h10,12,19H,3-9,11H2,1-2H3,(H2,18,23)(H,20,24)/t12-/m0/s1. The number of aryl methyl sites for hydroxylation is 1. The number of carbonyl (C=O) groups is 3. The predicted molar refractivity (Wildman–Crippen MR) is 99.6 cm³/mol. The van der Waals surface area contributed by atoms with Crippen LogP contribution < -0.4 is 16.4 Å². The molecule has 0 radical (unpaired) electrons. The number of nitrogens with two attached hydrogens (primary N) is 1. The fraction of sp³-hybridized carbons (Fsp3) is 0.647. The highest BCUT2D eigenvalue weighted by Crippen LogP contribution is 2.11. The Balaban J connectivity index is 2.19. The fourth-order valence-electron chi connectivity index (χ4n) is 2.01. The number of thiazole rings is 1. The Morgan fingerprint density at radius 2 is 2.12 bits per heavy atom. The number of rotatable bonds is 13. The number of nitrogens with one attached hydrogen (secondary N) is 2. The summed E-state index contributed by atoms with van der Waals surface area (Å²) in [6.07, 6.45) is 3.30. The molecule has 26 heavy (non-hydrogen) atoms. The maximum Gasteiger partial charge on any atom is 0.307 e. The molecule has 1 heterocycles. The molecule has 0 aliphatic heterocycles. The van der Waals surface area contributed by atoms with Crippen molar-refractivity contribution in [2.24, 2.45) is 11.7 Å². The molecule has 0 fully saturated rings. The molecule has 146 valence electrons. The highest BCUT2D eigenvalue weighted by atomic mass is 32.1. The molecule has 0 unspecified atom stereocenters. The Hall–Kier alpha value is -2.00. The maximum absolute atomic E-state index is 12.0. The third-order valence-corrected chi connectivity index (χ3v) is 4.58. The smallest absolute Gasteiger partial charge is 0.307 e. The summed E-state index contributed by atoms with van der Waals surface area (Å²) in [6, 6.07) is 0. The topological polar surface area (TPSA) is 123 Å². The summed E-state index contributed by atoms with van der Waals surface area (Å²) in [5.41, 5.74) is 5.57. The van der Waals surface area contributed by atoms with Crippen LogP contribution in [0.15, 0.2) is 5.38 Å². The Morgan fingerprint density at radius 3 is 2.81 bits per heavy atom. The zero-order valence-electron chi connectivity index (χ0n) is 15.4. The highest BCUT2D eigenvalue weighted by molar-refractivity contribution is 7.09. The summed E-state index contributed by atoms with van der Waals surface area (Å²) < 4.78 is 4.99. The van der Waals surface area contributed by atoms with E-state index in [1.54, 1.807) is 12.3 Å². The molecule has 1 aromatic heterocycles. The Labute approximate surface area is 157 Å². The van der Waals surface area contributed by atoms with Crippen molar-refractivity contribution in [1.82, 2.24) is 15.6 Å². The Morgan fingerprint density at radius 1 is 1.35 bits per heavy atom. The number of amides is 2.